The average Bonchev–Trinajstić information content (AvgIpc) is 2.60. The van der Waals surface area contributed by atoms with Crippen LogP contribution in [0.4, 0.5) is 0 Å². The minimum atomic E-state index is -1.10. The number of rotatable bonds is 7. The third-order valence-corrected chi connectivity index (χ3v) is 3.78. The van der Waals surface area contributed by atoms with Crippen LogP contribution >= 0.6 is 11.6 Å². The Morgan fingerprint density at radius 1 is 0.960 bits per heavy atom. The Labute approximate surface area is 152 Å². The minimum absolute atomic E-state index is 0.107. The fraction of sp³-hybridized carbons (Fsp3) is 0.300. The Balaban J connectivity index is 2.07. The molecule has 2 aromatic rings. The number of benzene rings is 2. The lowest BCUT2D eigenvalue weighted by molar-refractivity contribution is -0.159. The molecule has 0 amide bonds. The molecule has 132 valence electrons. The van der Waals surface area contributed by atoms with E-state index in [0.29, 0.717) is 28.5 Å². The summed E-state index contributed by atoms with van der Waals surface area (Å²) in [6.45, 7) is 5.59. The van der Waals surface area contributed by atoms with E-state index in [0.717, 1.165) is 6.42 Å². The van der Waals surface area contributed by atoms with Gasteiger partial charge in [-0.15, -0.1) is 0 Å². The van der Waals surface area contributed by atoms with Crippen LogP contribution in [0.2, 0.25) is 5.02 Å². The van der Waals surface area contributed by atoms with Crippen LogP contribution < -0.4 is 4.74 Å². The molecule has 0 spiro atoms. The molecular formula is C20H21ClO4. The lowest BCUT2D eigenvalue weighted by Gasteiger charge is -2.24. The Morgan fingerprint density at radius 2 is 1.48 bits per heavy atom. The van der Waals surface area contributed by atoms with E-state index >= 15 is 0 Å². The molecule has 0 fully saturated rings. The molecule has 0 aliphatic carbocycles. The van der Waals surface area contributed by atoms with Crippen LogP contribution in [0.25, 0.3) is 0 Å². The second-order valence-corrected chi connectivity index (χ2v) is 6.55. The number of esters is 1. The van der Waals surface area contributed by atoms with E-state index in [4.69, 9.17) is 21.1 Å². The maximum absolute atomic E-state index is 12.4. The Kier molecular flexibility index (Phi) is 6.21. The molecule has 0 bridgehead atoms. The van der Waals surface area contributed by atoms with E-state index in [2.05, 4.69) is 0 Å². The lowest BCUT2D eigenvalue weighted by Crippen LogP contribution is -2.39. The van der Waals surface area contributed by atoms with E-state index in [1.807, 2.05) is 6.92 Å². The number of carbonyl (C=O) groups excluding carboxylic acids is 2. The molecule has 25 heavy (non-hydrogen) atoms. The third kappa shape index (κ3) is 5.07. The summed E-state index contributed by atoms with van der Waals surface area (Å²) in [5.41, 5.74) is -0.0146. The zero-order valence-corrected chi connectivity index (χ0v) is 15.3. The van der Waals surface area contributed by atoms with Gasteiger partial charge in [0.1, 0.15) is 5.75 Å². The van der Waals surface area contributed by atoms with Gasteiger partial charge in [-0.1, -0.05) is 18.5 Å². The van der Waals surface area contributed by atoms with Crippen molar-refractivity contribution in [1.82, 2.24) is 0 Å². The molecule has 0 saturated carbocycles. The second kappa shape index (κ2) is 8.17. The highest BCUT2D eigenvalue weighted by atomic mass is 35.5. The summed E-state index contributed by atoms with van der Waals surface area (Å²) in [6, 6.07) is 13.4. The number of hydrogen-bond acceptors (Lipinski definition) is 4. The number of carbonyl (C=O) groups is 2. The summed E-state index contributed by atoms with van der Waals surface area (Å²) >= 11 is 5.84. The normalized spacial score (nSPS) is 11.0. The monoisotopic (exact) mass is 360 g/mol. The van der Waals surface area contributed by atoms with Crippen LogP contribution in [0, 0.1) is 0 Å². The van der Waals surface area contributed by atoms with Gasteiger partial charge in [0.25, 0.3) is 0 Å². The highest BCUT2D eigenvalue weighted by Gasteiger charge is 2.31. The van der Waals surface area contributed by atoms with Crippen molar-refractivity contribution < 1.29 is 19.1 Å². The first-order valence-corrected chi connectivity index (χ1v) is 8.48. The third-order valence-electron chi connectivity index (χ3n) is 3.52. The molecule has 2 rings (SSSR count). The molecule has 0 aromatic heterocycles. The summed E-state index contributed by atoms with van der Waals surface area (Å²) in [4.78, 5) is 24.4. The fourth-order valence-electron chi connectivity index (χ4n) is 2.15. The van der Waals surface area contributed by atoms with Crippen molar-refractivity contribution in [2.75, 3.05) is 6.61 Å². The predicted octanol–water partition coefficient (Wildman–Crippen LogP) is 4.68. The molecule has 0 aliphatic heterocycles. The molecule has 0 saturated heterocycles. The van der Waals surface area contributed by atoms with Crippen LogP contribution in [-0.2, 0) is 9.53 Å². The Bertz CT molecular complexity index is 733. The van der Waals surface area contributed by atoms with Crippen LogP contribution in [0.15, 0.2) is 48.5 Å². The summed E-state index contributed by atoms with van der Waals surface area (Å²) in [5, 5.41) is 0.581. The lowest BCUT2D eigenvalue weighted by atomic mass is 10.0. The molecule has 0 heterocycles. The van der Waals surface area contributed by atoms with Gasteiger partial charge in [0, 0.05) is 16.1 Å². The largest absolute Gasteiger partial charge is 0.476 e. The van der Waals surface area contributed by atoms with Crippen LogP contribution in [0.5, 0.6) is 5.75 Å². The van der Waals surface area contributed by atoms with Crippen molar-refractivity contribution >= 4 is 23.4 Å². The van der Waals surface area contributed by atoms with Crippen LogP contribution in [-0.4, -0.2) is 24.0 Å². The number of hydrogen-bond donors (Lipinski definition) is 0. The molecular weight excluding hydrogens is 340 g/mol. The summed E-state index contributed by atoms with van der Waals surface area (Å²) in [7, 11) is 0. The topological polar surface area (TPSA) is 52.6 Å². The van der Waals surface area contributed by atoms with Gasteiger partial charge in [-0.25, -0.2) is 4.79 Å². The van der Waals surface area contributed by atoms with Gasteiger partial charge < -0.3 is 9.47 Å². The molecule has 0 atom stereocenters. The maximum Gasteiger partial charge on any atom is 0.349 e. The zero-order valence-electron chi connectivity index (χ0n) is 14.5. The van der Waals surface area contributed by atoms with E-state index < -0.39 is 11.6 Å². The van der Waals surface area contributed by atoms with Crippen molar-refractivity contribution in [2.45, 2.75) is 32.8 Å². The van der Waals surface area contributed by atoms with Crippen molar-refractivity contribution in [3.05, 3.63) is 64.7 Å². The molecule has 0 radical (unpaired) electrons. The first kappa shape index (κ1) is 19.0. The molecule has 4 nitrogen and oxygen atoms in total. The minimum Gasteiger partial charge on any atom is -0.476 e. The average molecular weight is 361 g/mol. The molecule has 2 aromatic carbocycles. The number of halogens is 1. The Hall–Kier alpha value is -2.33. The zero-order chi connectivity index (χ0) is 18.4. The van der Waals surface area contributed by atoms with Gasteiger partial charge in [0.15, 0.2) is 11.4 Å². The summed E-state index contributed by atoms with van der Waals surface area (Å²) in [6.07, 6.45) is 0.753. The smallest absolute Gasteiger partial charge is 0.349 e. The number of ether oxygens (including phenoxy) is 2. The summed E-state index contributed by atoms with van der Waals surface area (Å²) in [5.74, 6) is -0.0356. The van der Waals surface area contributed by atoms with E-state index in [1.165, 1.54) is 0 Å². The standard InChI is InChI=1S/C20H21ClO4/c1-4-13-24-19(23)20(2,3)25-17-11-7-15(8-12-17)18(22)14-5-9-16(21)10-6-14/h5-12H,4,13H2,1-3H3. The van der Waals surface area contributed by atoms with Crippen molar-refractivity contribution in [3.8, 4) is 5.75 Å². The second-order valence-electron chi connectivity index (χ2n) is 6.11. The van der Waals surface area contributed by atoms with Gasteiger partial charge in [0.2, 0.25) is 0 Å². The van der Waals surface area contributed by atoms with Gasteiger partial charge >= 0.3 is 5.97 Å². The maximum atomic E-state index is 12.4. The predicted molar refractivity (Wildman–Crippen MR) is 97.3 cm³/mol. The quantitative estimate of drug-likeness (QED) is 0.531. The highest BCUT2D eigenvalue weighted by molar-refractivity contribution is 6.30. The first-order valence-electron chi connectivity index (χ1n) is 8.10. The van der Waals surface area contributed by atoms with Crippen LogP contribution in [0.1, 0.15) is 43.1 Å². The van der Waals surface area contributed by atoms with Gasteiger partial charge in [-0.05, 0) is 68.8 Å². The molecule has 0 unspecified atom stereocenters. The van der Waals surface area contributed by atoms with Crippen molar-refractivity contribution in [1.29, 1.82) is 0 Å². The first-order chi connectivity index (χ1) is 11.8. The SMILES string of the molecule is CCCOC(=O)C(C)(C)Oc1ccc(C(=O)c2ccc(Cl)cc2)cc1. The molecule has 0 N–H and O–H groups in total. The van der Waals surface area contributed by atoms with Gasteiger partial charge in [-0.3, -0.25) is 4.79 Å². The van der Waals surface area contributed by atoms with E-state index in [9.17, 15) is 9.59 Å². The van der Waals surface area contributed by atoms with Crippen LogP contribution in [0.3, 0.4) is 0 Å². The highest BCUT2D eigenvalue weighted by Crippen LogP contribution is 2.22. The van der Waals surface area contributed by atoms with Gasteiger partial charge in [-0.2, -0.15) is 0 Å². The molecule has 0 aliphatic rings. The van der Waals surface area contributed by atoms with E-state index in [1.54, 1.807) is 62.4 Å². The molecule has 5 heteroatoms. The Morgan fingerprint density at radius 3 is 2.00 bits per heavy atom. The van der Waals surface area contributed by atoms with Crippen molar-refractivity contribution in [3.63, 3.8) is 0 Å². The summed E-state index contributed by atoms with van der Waals surface area (Å²) < 4.78 is 10.8. The van der Waals surface area contributed by atoms with E-state index in [-0.39, 0.29) is 5.78 Å². The van der Waals surface area contributed by atoms with Gasteiger partial charge in [0.05, 0.1) is 6.61 Å². The van der Waals surface area contributed by atoms with Crippen molar-refractivity contribution in [2.24, 2.45) is 0 Å². The number of ketones is 1. The fourth-order valence-corrected chi connectivity index (χ4v) is 2.27.